The SMILES string of the molecule is O=C(NO)c1cccc(OCc2ccc(-c3noc(-c4cccc(F)c4)n3)cc2)c1. The van der Waals surface area contributed by atoms with Crippen molar-refractivity contribution in [1.29, 1.82) is 0 Å². The van der Waals surface area contributed by atoms with Gasteiger partial charge in [-0.2, -0.15) is 4.98 Å². The molecule has 0 fully saturated rings. The first-order valence-corrected chi connectivity index (χ1v) is 8.98. The number of aromatic nitrogens is 2. The van der Waals surface area contributed by atoms with Crippen molar-refractivity contribution in [3.63, 3.8) is 0 Å². The number of hydrogen-bond donors (Lipinski definition) is 2. The molecule has 0 bridgehead atoms. The van der Waals surface area contributed by atoms with E-state index in [2.05, 4.69) is 10.1 Å². The number of nitrogens with one attached hydrogen (secondary N) is 1. The highest BCUT2D eigenvalue weighted by molar-refractivity contribution is 5.93. The lowest BCUT2D eigenvalue weighted by Gasteiger charge is -2.08. The van der Waals surface area contributed by atoms with Gasteiger partial charge in [-0.15, -0.1) is 0 Å². The minimum absolute atomic E-state index is 0.240. The predicted octanol–water partition coefficient (Wildman–Crippen LogP) is 4.24. The normalized spacial score (nSPS) is 10.6. The molecule has 0 unspecified atom stereocenters. The van der Waals surface area contributed by atoms with Crippen LogP contribution in [0.15, 0.2) is 77.3 Å². The first kappa shape index (κ1) is 19.3. The van der Waals surface area contributed by atoms with Crippen molar-refractivity contribution >= 4 is 5.91 Å². The first-order chi connectivity index (χ1) is 14.6. The molecule has 8 heteroatoms. The largest absolute Gasteiger partial charge is 0.489 e. The molecular weight excluding hydrogens is 389 g/mol. The number of carbonyl (C=O) groups excluding carboxylic acids is 1. The van der Waals surface area contributed by atoms with Crippen LogP contribution in [0.3, 0.4) is 0 Å². The van der Waals surface area contributed by atoms with Crippen molar-refractivity contribution in [1.82, 2.24) is 15.6 Å². The fourth-order valence-electron chi connectivity index (χ4n) is 2.79. The van der Waals surface area contributed by atoms with Crippen molar-refractivity contribution in [2.24, 2.45) is 0 Å². The molecule has 7 nitrogen and oxygen atoms in total. The van der Waals surface area contributed by atoms with E-state index in [-0.39, 0.29) is 23.9 Å². The molecule has 0 saturated carbocycles. The van der Waals surface area contributed by atoms with E-state index in [1.54, 1.807) is 35.8 Å². The van der Waals surface area contributed by atoms with Crippen molar-refractivity contribution in [3.05, 3.63) is 89.7 Å². The summed E-state index contributed by atoms with van der Waals surface area (Å²) in [5.41, 5.74) is 4.02. The lowest BCUT2D eigenvalue weighted by molar-refractivity contribution is 0.0706. The van der Waals surface area contributed by atoms with Crippen molar-refractivity contribution in [3.8, 4) is 28.6 Å². The van der Waals surface area contributed by atoms with Gasteiger partial charge in [-0.1, -0.05) is 41.6 Å². The molecule has 0 aliphatic rings. The van der Waals surface area contributed by atoms with Gasteiger partial charge in [-0.25, -0.2) is 9.87 Å². The number of carbonyl (C=O) groups is 1. The van der Waals surface area contributed by atoms with Crippen LogP contribution < -0.4 is 10.2 Å². The number of hydroxylamine groups is 1. The Hall–Kier alpha value is -4.04. The summed E-state index contributed by atoms with van der Waals surface area (Å²) in [6, 6.07) is 19.8. The number of ether oxygens (including phenoxy) is 1. The van der Waals surface area contributed by atoms with E-state index >= 15 is 0 Å². The van der Waals surface area contributed by atoms with Gasteiger partial charge in [0.1, 0.15) is 18.2 Å². The fraction of sp³-hybridized carbons (Fsp3) is 0.0455. The van der Waals surface area contributed by atoms with E-state index in [4.69, 9.17) is 14.5 Å². The number of rotatable bonds is 6. The Bertz CT molecular complexity index is 1170. The van der Waals surface area contributed by atoms with Crippen molar-refractivity contribution < 1.29 is 23.7 Å². The zero-order valence-electron chi connectivity index (χ0n) is 15.6. The molecule has 0 spiro atoms. The first-order valence-electron chi connectivity index (χ1n) is 8.98. The molecule has 4 aromatic rings. The second-order valence-electron chi connectivity index (χ2n) is 6.39. The third kappa shape index (κ3) is 4.34. The topological polar surface area (TPSA) is 97.5 Å². The summed E-state index contributed by atoms with van der Waals surface area (Å²) in [5.74, 6) is 0.146. The van der Waals surface area contributed by atoms with Gasteiger partial charge in [0.25, 0.3) is 11.8 Å². The standard InChI is InChI=1S/C22H16FN3O4/c23-18-5-1-4-17(11-18)22-24-20(26-30-22)15-9-7-14(8-10-15)13-29-19-6-2-3-16(12-19)21(27)25-28/h1-12,28H,13H2,(H,25,27). The highest BCUT2D eigenvalue weighted by Gasteiger charge is 2.11. The Morgan fingerprint density at radius 1 is 1.03 bits per heavy atom. The molecule has 4 rings (SSSR count). The smallest absolute Gasteiger partial charge is 0.274 e. The van der Waals surface area contributed by atoms with E-state index in [0.717, 1.165) is 11.1 Å². The Morgan fingerprint density at radius 2 is 1.83 bits per heavy atom. The van der Waals surface area contributed by atoms with Crippen LogP contribution >= 0.6 is 0 Å². The van der Waals surface area contributed by atoms with Crippen LogP contribution in [0.2, 0.25) is 0 Å². The molecule has 0 radical (unpaired) electrons. The van der Waals surface area contributed by atoms with Crippen LogP contribution in [0, 0.1) is 5.82 Å². The molecule has 1 heterocycles. The van der Waals surface area contributed by atoms with Gasteiger partial charge in [0.05, 0.1) is 0 Å². The zero-order valence-corrected chi connectivity index (χ0v) is 15.6. The fourth-order valence-corrected chi connectivity index (χ4v) is 2.79. The van der Waals surface area contributed by atoms with Crippen LogP contribution in [-0.4, -0.2) is 21.3 Å². The average molecular weight is 405 g/mol. The Balaban J connectivity index is 1.43. The highest BCUT2D eigenvalue weighted by atomic mass is 19.1. The minimum atomic E-state index is -0.609. The third-order valence-corrected chi connectivity index (χ3v) is 4.31. The van der Waals surface area contributed by atoms with Crippen molar-refractivity contribution in [2.45, 2.75) is 6.61 Å². The number of halogens is 1. The molecular formula is C22H16FN3O4. The van der Waals surface area contributed by atoms with Gasteiger partial charge >= 0.3 is 0 Å². The molecule has 1 aromatic heterocycles. The van der Waals surface area contributed by atoms with Crippen molar-refractivity contribution in [2.75, 3.05) is 0 Å². The van der Waals surface area contributed by atoms with Crippen LogP contribution in [-0.2, 0) is 6.61 Å². The molecule has 2 N–H and O–H groups in total. The summed E-state index contributed by atoms with van der Waals surface area (Å²) in [5, 5.41) is 12.7. The molecule has 150 valence electrons. The van der Waals surface area contributed by atoms with E-state index in [0.29, 0.717) is 17.1 Å². The lowest BCUT2D eigenvalue weighted by Crippen LogP contribution is -2.18. The number of amides is 1. The monoisotopic (exact) mass is 405 g/mol. The van der Waals surface area contributed by atoms with Gasteiger partial charge < -0.3 is 9.26 Å². The third-order valence-electron chi connectivity index (χ3n) is 4.31. The lowest BCUT2D eigenvalue weighted by atomic mass is 10.1. The molecule has 0 saturated heterocycles. The van der Waals surface area contributed by atoms with E-state index < -0.39 is 5.91 Å². The van der Waals surface area contributed by atoms with E-state index in [1.165, 1.54) is 18.2 Å². The van der Waals surface area contributed by atoms with E-state index in [9.17, 15) is 9.18 Å². The maximum absolute atomic E-state index is 13.4. The molecule has 3 aromatic carbocycles. The molecule has 30 heavy (non-hydrogen) atoms. The summed E-state index contributed by atoms with van der Waals surface area (Å²) < 4.78 is 24.3. The quantitative estimate of drug-likeness (QED) is 0.368. The van der Waals surface area contributed by atoms with Crippen LogP contribution in [0.5, 0.6) is 5.75 Å². The zero-order chi connectivity index (χ0) is 20.9. The second kappa shape index (κ2) is 8.54. The molecule has 1 amide bonds. The number of nitrogens with zero attached hydrogens (tertiary/aromatic N) is 2. The second-order valence-corrected chi connectivity index (χ2v) is 6.39. The maximum Gasteiger partial charge on any atom is 0.274 e. The van der Waals surface area contributed by atoms with E-state index in [1.807, 2.05) is 24.3 Å². The summed E-state index contributed by atoms with van der Waals surface area (Å²) in [7, 11) is 0. The van der Waals surface area contributed by atoms with Gasteiger partial charge in [0.15, 0.2) is 0 Å². The maximum atomic E-state index is 13.4. The molecule has 0 atom stereocenters. The number of benzene rings is 3. The van der Waals surface area contributed by atoms with Crippen LogP contribution in [0.25, 0.3) is 22.8 Å². The Labute approximate surface area is 170 Å². The predicted molar refractivity (Wildman–Crippen MR) is 105 cm³/mol. The average Bonchev–Trinajstić information content (AvgIpc) is 3.28. The summed E-state index contributed by atoms with van der Waals surface area (Å²) >= 11 is 0. The summed E-state index contributed by atoms with van der Waals surface area (Å²) in [4.78, 5) is 15.8. The summed E-state index contributed by atoms with van der Waals surface area (Å²) in [6.45, 7) is 0.283. The highest BCUT2D eigenvalue weighted by Crippen LogP contribution is 2.23. The van der Waals surface area contributed by atoms with Gasteiger partial charge in [-0.3, -0.25) is 10.0 Å². The Kier molecular flexibility index (Phi) is 5.49. The van der Waals surface area contributed by atoms with Gasteiger partial charge in [0, 0.05) is 16.7 Å². The summed E-state index contributed by atoms with van der Waals surface area (Å²) in [6.07, 6.45) is 0. The van der Waals surface area contributed by atoms with Crippen LogP contribution in [0.1, 0.15) is 15.9 Å². The molecule has 0 aliphatic carbocycles. The number of hydrogen-bond acceptors (Lipinski definition) is 6. The van der Waals surface area contributed by atoms with Gasteiger partial charge in [-0.05, 0) is 42.0 Å². The minimum Gasteiger partial charge on any atom is -0.489 e. The molecule has 0 aliphatic heterocycles. The van der Waals surface area contributed by atoms with Gasteiger partial charge in [0.2, 0.25) is 5.82 Å². The van der Waals surface area contributed by atoms with Crippen LogP contribution in [0.4, 0.5) is 4.39 Å². The Morgan fingerprint density at radius 3 is 2.60 bits per heavy atom.